The summed E-state index contributed by atoms with van der Waals surface area (Å²) in [5.41, 5.74) is 0. The Kier molecular flexibility index (Phi) is 18.5. The molecule has 4 atom stereocenters. The van der Waals surface area contributed by atoms with Crippen LogP contribution in [0, 0.1) is 0 Å². The number of hydrogen-bond acceptors (Lipinski definition) is 9. The predicted octanol–water partition coefficient (Wildman–Crippen LogP) is -0.514. The molecule has 9 nitrogen and oxygen atoms in total. The van der Waals surface area contributed by atoms with Crippen LogP contribution in [0.1, 0.15) is 0 Å². The van der Waals surface area contributed by atoms with Crippen molar-refractivity contribution in [2.45, 2.75) is 24.4 Å². The van der Waals surface area contributed by atoms with Gasteiger partial charge in [-0.3, -0.25) is 0 Å². The minimum Gasteiger partial charge on any atom is -0.394 e. The molecule has 10 heteroatoms. The summed E-state index contributed by atoms with van der Waals surface area (Å²) in [6.07, 6.45) is -1.31. The first kappa shape index (κ1) is 27.3. The number of aliphatic hydroxyl groups excluding tert-OH is 1. The van der Waals surface area contributed by atoms with Gasteiger partial charge in [-0.15, -0.1) is 0 Å². The molecule has 0 bridgehead atoms. The van der Waals surface area contributed by atoms with Crippen molar-refractivity contribution < 1.29 is 62.5 Å². The first-order valence-corrected chi connectivity index (χ1v) is 8.90. The monoisotopic (exact) mass is 485 g/mol. The molecule has 27 heavy (non-hydrogen) atoms. The van der Waals surface area contributed by atoms with Crippen molar-refractivity contribution >= 4 is 0 Å². The second-order valence-corrected chi connectivity index (χ2v) is 5.73. The summed E-state index contributed by atoms with van der Waals surface area (Å²) in [6.45, 7) is 3.62. The fraction of sp³-hybridized carbons (Fsp3) is 1.00. The van der Waals surface area contributed by atoms with Crippen molar-refractivity contribution in [3.8, 4) is 0 Å². The van der Waals surface area contributed by atoms with Gasteiger partial charge < -0.3 is 43.0 Å². The van der Waals surface area contributed by atoms with Gasteiger partial charge in [0.2, 0.25) is 0 Å². The van der Waals surface area contributed by atoms with Crippen LogP contribution >= 0.6 is 0 Å². The molecule has 1 fully saturated rings. The molecule has 0 aromatic heterocycles. The summed E-state index contributed by atoms with van der Waals surface area (Å²) in [6, 6.07) is 0. The number of ether oxygens (including phenoxy) is 8. The van der Waals surface area contributed by atoms with E-state index in [-0.39, 0.29) is 57.1 Å². The molecule has 1 saturated heterocycles. The Balaban J connectivity index is 0.00000676. The van der Waals surface area contributed by atoms with Gasteiger partial charge in [-0.25, -0.2) is 0 Å². The molecule has 0 spiro atoms. The topological polar surface area (TPSA) is 94.1 Å². The molecule has 0 aromatic rings. The molecule has 1 rings (SSSR count). The summed E-state index contributed by atoms with van der Waals surface area (Å²) in [5.74, 6) is 0. The largest absolute Gasteiger partial charge is 0.394 e. The van der Waals surface area contributed by atoms with Crippen molar-refractivity contribution in [1.82, 2.24) is 0 Å². The third-order valence-corrected chi connectivity index (χ3v) is 3.86. The Morgan fingerprint density at radius 2 is 1.56 bits per heavy atom. The Bertz CT molecular complexity index is 325. The summed E-state index contributed by atoms with van der Waals surface area (Å²) < 4.78 is 44.1. The van der Waals surface area contributed by atoms with Gasteiger partial charge in [-0.2, -0.15) is 0 Å². The quantitative estimate of drug-likeness (QED) is 0.216. The molecule has 165 valence electrons. The average Bonchev–Trinajstić information content (AvgIpc) is 3.05. The Labute approximate surface area is 174 Å². The first-order valence-electron chi connectivity index (χ1n) is 8.90. The molecule has 1 heterocycles. The minimum absolute atomic E-state index is 0. The number of aliphatic hydroxyl groups is 1. The molecule has 1 unspecified atom stereocenters. The van der Waals surface area contributed by atoms with Gasteiger partial charge in [0, 0.05) is 40.8 Å². The molecule has 0 aliphatic carbocycles. The Morgan fingerprint density at radius 3 is 2.22 bits per heavy atom. The molecule has 1 aliphatic rings. The maximum atomic E-state index is 9.01. The summed E-state index contributed by atoms with van der Waals surface area (Å²) in [7, 11) is 4.86. The fourth-order valence-corrected chi connectivity index (χ4v) is 2.61. The molecule has 0 aromatic carbocycles. The normalized spacial score (nSPS) is 23.3. The molecule has 1 aliphatic heterocycles. The molecule has 1 radical (unpaired) electrons. The van der Waals surface area contributed by atoms with E-state index < -0.39 is 0 Å². The standard InChI is InChI=1S/C17H34O9.Rh/c1-19-6-9-22-12-14(24-10-7-20-2)17-16(25-11-8-21-3)15(13-26-17)23-5-4-18;/h14-18H,4-13H2,1-3H3;/t14?,15-,16+,17-;/m1./s1. The summed E-state index contributed by atoms with van der Waals surface area (Å²) >= 11 is 0. The molecule has 0 amide bonds. The van der Waals surface area contributed by atoms with E-state index in [1.54, 1.807) is 21.3 Å². The van der Waals surface area contributed by atoms with Crippen molar-refractivity contribution in [2.75, 3.05) is 87.4 Å². The van der Waals surface area contributed by atoms with Gasteiger partial charge in [0.1, 0.15) is 24.4 Å². The van der Waals surface area contributed by atoms with Crippen LogP contribution in [0.4, 0.5) is 0 Å². The van der Waals surface area contributed by atoms with Crippen LogP contribution < -0.4 is 0 Å². The van der Waals surface area contributed by atoms with Crippen molar-refractivity contribution in [3.63, 3.8) is 0 Å². The zero-order valence-electron chi connectivity index (χ0n) is 16.4. The number of hydrogen-bond donors (Lipinski definition) is 1. The van der Waals surface area contributed by atoms with Gasteiger partial charge >= 0.3 is 0 Å². The zero-order valence-corrected chi connectivity index (χ0v) is 18.1. The van der Waals surface area contributed by atoms with E-state index in [4.69, 9.17) is 43.0 Å². The third-order valence-electron chi connectivity index (χ3n) is 3.86. The van der Waals surface area contributed by atoms with E-state index in [2.05, 4.69) is 0 Å². The molecular formula is C17H34O9Rh. The number of rotatable bonds is 17. The van der Waals surface area contributed by atoms with Gasteiger partial charge in [0.15, 0.2) is 0 Å². The van der Waals surface area contributed by atoms with Crippen molar-refractivity contribution in [2.24, 2.45) is 0 Å². The first-order chi connectivity index (χ1) is 12.8. The summed E-state index contributed by atoms with van der Waals surface area (Å²) in [5, 5.41) is 9.01. The smallest absolute Gasteiger partial charge is 0.115 e. The van der Waals surface area contributed by atoms with Crippen molar-refractivity contribution in [3.05, 3.63) is 0 Å². The summed E-state index contributed by atoms with van der Waals surface area (Å²) in [4.78, 5) is 0. The SMILES string of the molecule is COCCOCC(OCCOC)[C@H]1OC[C@@H](OCCO)[C@@H]1OCCOC.[Rh]. The second kappa shape index (κ2) is 18.3. The van der Waals surface area contributed by atoms with E-state index >= 15 is 0 Å². The van der Waals surface area contributed by atoms with Crippen LogP contribution in [0.15, 0.2) is 0 Å². The van der Waals surface area contributed by atoms with E-state index in [0.717, 1.165) is 0 Å². The van der Waals surface area contributed by atoms with E-state index in [9.17, 15) is 0 Å². The van der Waals surface area contributed by atoms with E-state index in [0.29, 0.717) is 52.9 Å². The Morgan fingerprint density at radius 1 is 0.889 bits per heavy atom. The van der Waals surface area contributed by atoms with Crippen LogP contribution in [0.2, 0.25) is 0 Å². The zero-order chi connectivity index (χ0) is 19.0. The minimum atomic E-state index is -0.352. The van der Waals surface area contributed by atoms with Crippen LogP contribution in [0.3, 0.4) is 0 Å². The van der Waals surface area contributed by atoms with E-state index in [1.165, 1.54) is 0 Å². The van der Waals surface area contributed by atoms with Gasteiger partial charge in [-0.05, 0) is 0 Å². The molecule has 0 saturated carbocycles. The predicted molar refractivity (Wildman–Crippen MR) is 92.5 cm³/mol. The second-order valence-electron chi connectivity index (χ2n) is 5.73. The number of methoxy groups -OCH3 is 3. The van der Waals surface area contributed by atoms with Gasteiger partial charge in [0.05, 0.1) is 66.1 Å². The Hall–Kier alpha value is 0.263. The van der Waals surface area contributed by atoms with Gasteiger partial charge in [-0.1, -0.05) is 0 Å². The molecular weight excluding hydrogens is 451 g/mol. The maximum Gasteiger partial charge on any atom is 0.115 e. The fourth-order valence-electron chi connectivity index (χ4n) is 2.61. The van der Waals surface area contributed by atoms with Crippen LogP contribution in [0.25, 0.3) is 0 Å². The van der Waals surface area contributed by atoms with Crippen LogP contribution in [-0.2, 0) is 57.4 Å². The van der Waals surface area contributed by atoms with Crippen LogP contribution in [-0.4, -0.2) is 117 Å². The van der Waals surface area contributed by atoms with Crippen molar-refractivity contribution in [1.29, 1.82) is 0 Å². The maximum absolute atomic E-state index is 9.01. The van der Waals surface area contributed by atoms with Gasteiger partial charge in [0.25, 0.3) is 0 Å². The van der Waals surface area contributed by atoms with Crippen LogP contribution in [0.5, 0.6) is 0 Å². The average molecular weight is 485 g/mol. The third kappa shape index (κ3) is 11.1. The van der Waals surface area contributed by atoms with E-state index in [1.807, 2.05) is 0 Å². The molecule has 1 N–H and O–H groups in total.